The lowest BCUT2D eigenvalue weighted by Gasteiger charge is -2.19. The topological polar surface area (TPSA) is 72.2 Å². The Balaban J connectivity index is 1.60. The van der Waals surface area contributed by atoms with Gasteiger partial charge in [-0.25, -0.2) is 0 Å². The minimum atomic E-state index is -0.484. The van der Waals surface area contributed by atoms with E-state index in [0.29, 0.717) is 11.3 Å². The lowest BCUT2D eigenvalue weighted by Crippen LogP contribution is -2.22. The van der Waals surface area contributed by atoms with Crippen molar-refractivity contribution in [2.45, 2.75) is 11.8 Å². The Bertz CT molecular complexity index is 927. The maximum Gasteiger partial charge on any atom is 0.248 e. The standard InChI is InChI=1S/C23H20N2O2/c24-21(26)16-11-13-19(14-12-16)25-22(27)20-15-23(20,17-7-3-1-4-8-17)18-9-5-2-6-10-18/h1-14,20H,15H2,(H2,24,26)(H,25,27)/t20-/m0/s1. The van der Waals surface area contributed by atoms with Gasteiger partial charge >= 0.3 is 0 Å². The lowest BCUT2D eigenvalue weighted by atomic mass is 9.85. The van der Waals surface area contributed by atoms with Gasteiger partial charge in [-0.3, -0.25) is 9.59 Å². The zero-order chi connectivity index (χ0) is 18.9. The highest BCUT2D eigenvalue weighted by molar-refractivity contribution is 5.98. The van der Waals surface area contributed by atoms with Crippen LogP contribution in [-0.4, -0.2) is 11.8 Å². The van der Waals surface area contributed by atoms with Gasteiger partial charge in [0, 0.05) is 16.7 Å². The second-order valence-electron chi connectivity index (χ2n) is 6.89. The van der Waals surface area contributed by atoms with Gasteiger partial charge in [0.25, 0.3) is 0 Å². The molecule has 0 aliphatic heterocycles. The van der Waals surface area contributed by atoms with Crippen molar-refractivity contribution >= 4 is 17.5 Å². The lowest BCUT2D eigenvalue weighted by molar-refractivity contribution is -0.117. The van der Waals surface area contributed by atoms with Crippen LogP contribution in [0, 0.1) is 5.92 Å². The van der Waals surface area contributed by atoms with E-state index >= 15 is 0 Å². The fourth-order valence-corrected chi connectivity index (χ4v) is 3.80. The maximum atomic E-state index is 13.0. The molecule has 134 valence electrons. The molecule has 0 saturated heterocycles. The number of benzene rings is 3. The van der Waals surface area contributed by atoms with Crippen molar-refractivity contribution in [3.8, 4) is 0 Å². The minimum absolute atomic E-state index is 0.0190. The molecule has 1 atom stereocenters. The third-order valence-electron chi connectivity index (χ3n) is 5.29. The van der Waals surface area contributed by atoms with E-state index < -0.39 is 5.91 Å². The number of amides is 2. The Kier molecular flexibility index (Phi) is 4.24. The van der Waals surface area contributed by atoms with E-state index in [1.807, 2.05) is 36.4 Å². The van der Waals surface area contributed by atoms with Crippen molar-refractivity contribution < 1.29 is 9.59 Å². The van der Waals surface area contributed by atoms with E-state index in [9.17, 15) is 9.59 Å². The largest absolute Gasteiger partial charge is 0.366 e. The van der Waals surface area contributed by atoms with E-state index in [4.69, 9.17) is 5.73 Å². The molecular formula is C23H20N2O2. The van der Waals surface area contributed by atoms with Gasteiger partial charge < -0.3 is 11.1 Å². The molecule has 4 rings (SSSR count). The number of nitrogens with two attached hydrogens (primary N) is 1. The molecule has 0 unspecified atom stereocenters. The van der Waals surface area contributed by atoms with Gasteiger partial charge in [0.1, 0.15) is 0 Å². The van der Waals surface area contributed by atoms with Crippen LogP contribution < -0.4 is 11.1 Å². The van der Waals surface area contributed by atoms with E-state index in [1.165, 1.54) is 0 Å². The molecule has 3 aromatic rings. The van der Waals surface area contributed by atoms with Crippen molar-refractivity contribution in [1.29, 1.82) is 0 Å². The van der Waals surface area contributed by atoms with Gasteiger partial charge in [-0.2, -0.15) is 0 Å². The summed E-state index contributed by atoms with van der Waals surface area (Å²) >= 11 is 0. The minimum Gasteiger partial charge on any atom is -0.366 e. The molecule has 0 radical (unpaired) electrons. The zero-order valence-electron chi connectivity index (χ0n) is 14.8. The summed E-state index contributed by atoms with van der Waals surface area (Å²) in [5.74, 6) is -0.644. The number of nitrogens with one attached hydrogen (secondary N) is 1. The van der Waals surface area contributed by atoms with Crippen LogP contribution >= 0.6 is 0 Å². The average Bonchev–Trinajstić information content (AvgIpc) is 3.47. The summed E-state index contributed by atoms with van der Waals surface area (Å²) in [5.41, 5.74) is 8.35. The van der Waals surface area contributed by atoms with Gasteiger partial charge in [0.05, 0.1) is 5.92 Å². The van der Waals surface area contributed by atoms with Crippen molar-refractivity contribution in [3.05, 3.63) is 102 Å². The number of rotatable bonds is 5. The quantitative estimate of drug-likeness (QED) is 0.731. The molecular weight excluding hydrogens is 336 g/mol. The Labute approximate surface area is 158 Å². The van der Waals surface area contributed by atoms with Gasteiger partial charge in [-0.05, 0) is 41.8 Å². The highest BCUT2D eigenvalue weighted by Crippen LogP contribution is 2.59. The van der Waals surface area contributed by atoms with Gasteiger partial charge in [0.2, 0.25) is 11.8 Å². The van der Waals surface area contributed by atoms with Crippen LogP contribution in [0.15, 0.2) is 84.9 Å². The van der Waals surface area contributed by atoms with Crippen LogP contribution in [0.25, 0.3) is 0 Å². The molecule has 1 aliphatic rings. The summed E-state index contributed by atoms with van der Waals surface area (Å²) in [6.45, 7) is 0. The van der Waals surface area contributed by atoms with Gasteiger partial charge in [0.15, 0.2) is 0 Å². The Morgan fingerprint density at radius 3 is 1.81 bits per heavy atom. The third-order valence-corrected chi connectivity index (χ3v) is 5.29. The second kappa shape index (κ2) is 6.72. The van der Waals surface area contributed by atoms with Crippen molar-refractivity contribution in [2.75, 3.05) is 5.32 Å². The third kappa shape index (κ3) is 3.10. The fraction of sp³-hybridized carbons (Fsp3) is 0.130. The van der Waals surface area contributed by atoms with Crippen molar-refractivity contribution in [1.82, 2.24) is 0 Å². The van der Waals surface area contributed by atoms with Crippen LogP contribution in [0.2, 0.25) is 0 Å². The molecule has 1 aliphatic carbocycles. The van der Waals surface area contributed by atoms with Crippen LogP contribution in [0.5, 0.6) is 0 Å². The van der Waals surface area contributed by atoms with E-state index in [0.717, 1.165) is 17.5 Å². The number of primary amides is 1. The summed E-state index contributed by atoms with van der Waals surface area (Å²) < 4.78 is 0. The van der Waals surface area contributed by atoms with E-state index in [2.05, 4.69) is 29.6 Å². The molecule has 3 N–H and O–H groups in total. The van der Waals surface area contributed by atoms with Crippen molar-refractivity contribution in [2.24, 2.45) is 11.7 Å². The predicted molar refractivity (Wildman–Crippen MR) is 105 cm³/mol. The van der Waals surface area contributed by atoms with Gasteiger partial charge in [-0.15, -0.1) is 0 Å². The highest BCUT2D eigenvalue weighted by atomic mass is 16.2. The molecule has 0 spiro atoms. The number of carbonyl (C=O) groups excluding carboxylic acids is 2. The van der Waals surface area contributed by atoms with E-state index in [1.54, 1.807) is 24.3 Å². The zero-order valence-corrected chi connectivity index (χ0v) is 14.8. The Morgan fingerprint density at radius 2 is 1.33 bits per heavy atom. The molecule has 27 heavy (non-hydrogen) atoms. The molecule has 4 heteroatoms. The molecule has 3 aromatic carbocycles. The normalized spacial score (nSPS) is 17.1. The van der Waals surface area contributed by atoms with Gasteiger partial charge in [-0.1, -0.05) is 60.7 Å². The monoisotopic (exact) mass is 356 g/mol. The molecule has 4 nitrogen and oxygen atoms in total. The van der Waals surface area contributed by atoms with Crippen molar-refractivity contribution in [3.63, 3.8) is 0 Å². The predicted octanol–water partition coefficient (Wildman–Crippen LogP) is 3.73. The Morgan fingerprint density at radius 1 is 0.815 bits per heavy atom. The first-order chi connectivity index (χ1) is 13.1. The van der Waals surface area contributed by atoms with Crippen LogP contribution in [0.3, 0.4) is 0 Å². The smallest absolute Gasteiger partial charge is 0.248 e. The number of hydrogen-bond acceptors (Lipinski definition) is 2. The first-order valence-corrected chi connectivity index (χ1v) is 8.93. The van der Waals surface area contributed by atoms with Crippen LogP contribution in [-0.2, 0) is 10.2 Å². The molecule has 1 saturated carbocycles. The molecule has 1 fully saturated rings. The SMILES string of the molecule is NC(=O)c1ccc(NC(=O)[C@@H]2CC2(c2ccccc2)c2ccccc2)cc1. The number of hydrogen-bond donors (Lipinski definition) is 2. The first-order valence-electron chi connectivity index (χ1n) is 8.93. The molecule has 0 aromatic heterocycles. The summed E-state index contributed by atoms with van der Waals surface area (Å²) in [6, 6.07) is 27.0. The Hall–Kier alpha value is -3.40. The first kappa shape index (κ1) is 17.0. The fourth-order valence-electron chi connectivity index (χ4n) is 3.80. The summed E-state index contributed by atoms with van der Waals surface area (Å²) in [5, 5.41) is 2.97. The summed E-state index contributed by atoms with van der Waals surface area (Å²) in [4.78, 5) is 24.1. The molecule has 2 amide bonds. The van der Waals surface area contributed by atoms with Crippen LogP contribution in [0.1, 0.15) is 27.9 Å². The highest BCUT2D eigenvalue weighted by Gasteiger charge is 2.60. The number of anilines is 1. The summed E-state index contributed by atoms with van der Waals surface area (Å²) in [7, 11) is 0. The van der Waals surface area contributed by atoms with Crippen LogP contribution in [0.4, 0.5) is 5.69 Å². The summed E-state index contributed by atoms with van der Waals surface area (Å²) in [6.07, 6.45) is 0.770. The average molecular weight is 356 g/mol. The maximum absolute atomic E-state index is 13.0. The second-order valence-corrected chi connectivity index (χ2v) is 6.89. The molecule has 0 bridgehead atoms. The number of carbonyl (C=O) groups is 2. The van der Waals surface area contributed by atoms with E-state index in [-0.39, 0.29) is 17.2 Å². The molecule has 0 heterocycles.